The summed E-state index contributed by atoms with van der Waals surface area (Å²) in [5.74, 6) is -2.82. The van der Waals surface area contributed by atoms with Crippen molar-refractivity contribution in [3.8, 4) is 6.07 Å². The first-order chi connectivity index (χ1) is 15.2. The maximum atomic E-state index is 12.8. The van der Waals surface area contributed by atoms with Gasteiger partial charge in [-0.05, 0) is 18.2 Å². The van der Waals surface area contributed by atoms with Crippen LogP contribution in [0.5, 0.6) is 0 Å². The number of amides is 2. The van der Waals surface area contributed by atoms with Crippen LogP contribution in [0.1, 0.15) is 26.3 Å². The number of pyridine rings is 1. The van der Waals surface area contributed by atoms with Crippen molar-refractivity contribution in [1.29, 1.82) is 5.26 Å². The molecule has 0 saturated carbocycles. The van der Waals surface area contributed by atoms with E-state index in [1.807, 2.05) is 6.07 Å². The van der Waals surface area contributed by atoms with Crippen LogP contribution in [-0.4, -0.2) is 68.4 Å². The first kappa shape index (κ1) is 20.9. The highest BCUT2D eigenvalue weighted by Gasteiger charge is 2.39. The van der Waals surface area contributed by atoms with Crippen LogP contribution in [0.3, 0.4) is 0 Å². The lowest BCUT2D eigenvalue weighted by Gasteiger charge is -2.15. The lowest BCUT2D eigenvalue weighted by Crippen LogP contribution is -2.26. The Morgan fingerprint density at radius 2 is 1.47 bits per heavy atom. The van der Waals surface area contributed by atoms with Gasteiger partial charge in [0, 0.05) is 32.4 Å². The summed E-state index contributed by atoms with van der Waals surface area (Å²) in [6.45, 7) is 0. The molecule has 3 aromatic heterocycles. The van der Waals surface area contributed by atoms with Crippen molar-refractivity contribution in [3.63, 3.8) is 0 Å². The number of methoxy groups -OCH3 is 2. The molecule has 32 heavy (non-hydrogen) atoms. The SMILES string of the molecule is COC(=O)c1c(C(=O)OC)c2cc(C3=C(C#N)C(=O)N(C)C3=O)c3cc(N(C)C)cc1n32. The molecule has 162 valence electrons. The zero-order valence-electron chi connectivity index (χ0n) is 18.0. The molecule has 0 aromatic carbocycles. The van der Waals surface area contributed by atoms with Crippen LogP contribution in [0.15, 0.2) is 23.8 Å². The van der Waals surface area contributed by atoms with Crippen molar-refractivity contribution in [1.82, 2.24) is 9.30 Å². The van der Waals surface area contributed by atoms with Crippen molar-refractivity contribution in [2.75, 3.05) is 40.3 Å². The van der Waals surface area contributed by atoms with E-state index in [0.717, 1.165) is 4.90 Å². The molecule has 10 nitrogen and oxygen atoms in total. The van der Waals surface area contributed by atoms with Gasteiger partial charge in [0.25, 0.3) is 11.8 Å². The van der Waals surface area contributed by atoms with Crippen molar-refractivity contribution in [3.05, 3.63) is 40.5 Å². The molecule has 10 heteroatoms. The monoisotopic (exact) mass is 434 g/mol. The Hall–Kier alpha value is -4.39. The predicted molar refractivity (Wildman–Crippen MR) is 113 cm³/mol. The second kappa shape index (κ2) is 7.09. The van der Waals surface area contributed by atoms with Crippen LogP contribution in [0.4, 0.5) is 5.69 Å². The van der Waals surface area contributed by atoms with Crippen LogP contribution in [0.25, 0.3) is 22.1 Å². The lowest BCUT2D eigenvalue weighted by atomic mass is 10.0. The minimum absolute atomic E-state index is 0.0232. The minimum atomic E-state index is -0.764. The molecule has 0 fully saturated rings. The number of hydrogen-bond acceptors (Lipinski definition) is 8. The van der Waals surface area contributed by atoms with E-state index in [9.17, 15) is 24.4 Å². The number of likely N-dealkylation sites (N-methyl/N-ethyl adjacent to an activating group) is 1. The fraction of sp³-hybridized carbons (Fsp3) is 0.227. The number of aromatic nitrogens is 1. The van der Waals surface area contributed by atoms with Gasteiger partial charge in [0.05, 0.1) is 36.3 Å². The summed E-state index contributed by atoms with van der Waals surface area (Å²) in [4.78, 5) is 53.2. The average Bonchev–Trinajstić information content (AvgIpc) is 3.38. The molecule has 1 aliphatic heterocycles. The van der Waals surface area contributed by atoms with Crippen molar-refractivity contribution >= 4 is 51.6 Å². The van der Waals surface area contributed by atoms with Crippen LogP contribution >= 0.6 is 0 Å². The maximum Gasteiger partial charge on any atom is 0.340 e. The Morgan fingerprint density at radius 3 is 1.97 bits per heavy atom. The summed E-state index contributed by atoms with van der Waals surface area (Å²) in [6, 6.07) is 6.78. The van der Waals surface area contributed by atoms with E-state index in [-0.39, 0.29) is 22.3 Å². The second-order valence-electron chi connectivity index (χ2n) is 7.42. The van der Waals surface area contributed by atoms with Gasteiger partial charge in [-0.25, -0.2) is 9.59 Å². The van der Waals surface area contributed by atoms with E-state index in [1.54, 1.807) is 35.5 Å². The van der Waals surface area contributed by atoms with Gasteiger partial charge in [-0.1, -0.05) is 0 Å². The van der Waals surface area contributed by atoms with Gasteiger partial charge in [0.2, 0.25) is 0 Å². The Balaban J connectivity index is 2.22. The molecule has 0 spiro atoms. The van der Waals surface area contributed by atoms with Gasteiger partial charge in [-0.3, -0.25) is 14.5 Å². The number of carbonyl (C=O) groups excluding carboxylic acids is 4. The van der Waals surface area contributed by atoms with Crippen LogP contribution in [-0.2, 0) is 19.1 Å². The molecule has 1 aliphatic rings. The number of nitrogens with zero attached hydrogens (tertiary/aromatic N) is 4. The number of anilines is 1. The highest BCUT2D eigenvalue weighted by Crippen LogP contribution is 2.40. The van der Waals surface area contributed by atoms with Gasteiger partial charge in [0.15, 0.2) is 0 Å². The Labute approximate surface area is 182 Å². The van der Waals surface area contributed by atoms with Crippen molar-refractivity contribution in [2.24, 2.45) is 0 Å². The molecule has 0 unspecified atom stereocenters. The smallest absolute Gasteiger partial charge is 0.340 e. The molecule has 0 aliphatic carbocycles. The van der Waals surface area contributed by atoms with Gasteiger partial charge in [-0.2, -0.15) is 5.26 Å². The maximum absolute atomic E-state index is 12.8. The molecule has 0 N–H and O–H groups in total. The zero-order chi connectivity index (χ0) is 23.5. The second-order valence-corrected chi connectivity index (χ2v) is 7.42. The fourth-order valence-electron chi connectivity index (χ4n) is 4.01. The van der Waals surface area contributed by atoms with Gasteiger partial charge in [0.1, 0.15) is 22.8 Å². The van der Waals surface area contributed by atoms with Crippen LogP contribution in [0, 0.1) is 11.3 Å². The average molecular weight is 434 g/mol. The third-order valence-corrected chi connectivity index (χ3v) is 5.57. The highest BCUT2D eigenvalue weighted by molar-refractivity contribution is 6.38. The fourth-order valence-corrected chi connectivity index (χ4v) is 4.01. The number of imide groups is 1. The quantitative estimate of drug-likeness (QED) is 0.447. The molecule has 2 amide bonds. The number of nitriles is 1. The van der Waals surface area contributed by atoms with Gasteiger partial charge < -0.3 is 18.8 Å². The first-order valence-corrected chi connectivity index (χ1v) is 9.43. The van der Waals surface area contributed by atoms with E-state index in [4.69, 9.17) is 9.47 Å². The summed E-state index contributed by atoms with van der Waals surface area (Å²) in [7, 11) is 7.27. The van der Waals surface area contributed by atoms with Crippen LogP contribution < -0.4 is 4.90 Å². The molecule has 3 aromatic rings. The normalized spacial score (nSPS) is 13.9. The summed E-state index contributed by atoms with van der Waals surface area (Å²) < 4.78 is 11.4. The van der Waals surface area contributed by atoms with E-state index >= 15 is 0 Å². The number of esters is 2. The molecule has 0 atom stereocenters. The largest absolute Gasteiger partial charge is 0.465 e. The minimum Gasteiger partial charge on any atom is -0.465 e. The van der Waals surface area contributed by atoms with E-state index in [1.165, 1.54) is 27.3 Å². The van der Waals surface area contributed by atoms with Crippen LogP contribution in [0.2, 0.25) is 0 Å². The van der Waals surface area contributed by atoms with Crippen molar-refractivity contribution in [2.45, 2.75) is 0 Å². The Bertz CT molecular complexity index is 1420. The number of ether oxygens (including phenoxy) is 2. The first-order valence-electron chi connectivity index (χ1n) is 9.43. The summed E-state index contributed by atoms with van der Waals surface area (Å²) >= 11 is 0. The highest BCUT2D eigenvalue weighted by atomic mass is 16.5. The number of carbonyl (C=O) groups is 4. The van der Waals surface area contributed by atoms with Gasteiger partial charge >= 0.3 is 11.9 Å². The lowest BCUT2D eigenvalue weighted by molar-refractivity contribution is -0.135. The molecular formula is C22H18N4O6. The zero-order valence-corrected chi connectivity index (χ0v) is 18.0. The third-order valence-electron chi connectivity index (χ3n) is 5.57. The topological polar surface area (TPSA) is 121 Å². The molecule has 4 rings (SSSR count). The third kappa shape index (κ3) is 2.58. The molecular weight excluding hydrogens is 416 g/mol. The van der Waals surface area contributed by atoms with E-state index in [2.05, 4.69) is 0 Å². The number of rotatable bonds is 4. The Kier molecular flexibility index (Phi) is 4.62. The number of hydrogen-bond donors (Lipinski definition) is 0. The predicted octanol–water partition coefficient (Wildman–Crippen LogP) is 1.45. The molecule has 0 saturated heterocycles. The van der Waals surface area contributed by atoms with Gasteiger partial charge in [-0.15, -0.1) is 0 Å². The molecule has 0 radical (unpaired) electrons. The Morgan fingerprint density at radius 1 is 0.938 bits per heavy atom. The summed E-state index contributed by atoms with van der Waals surface area (Å²) in [5.41, 5.74) is 1.71. The molecule has 4 heterocycles. The van der Waals surface area contributed by atoms with E-state index < -0.39 is 23.8 Å². The summed E-state index contributed by atoms with van der Waals surface area (Å²) in [5, 5.41) is 9.55. The van der Waals surface area contributed by atoms with E-state index in [0.29, 0.717) is 27.8 Å². The standard InChI is InChI=1S/C22H18N4O6/c1-24(2)10-6-13-11(16-12(9-23)19(27)25(3)20(16)28)8-15-18(22(30)32-5)17(21(29)31-4)14(7-10)26(13)15/h6-8H,1-5H3. The molecule has 0 bridgehead atoms. The van der Waals surface area contributed by atoms with Crippen molar-refractivity contribution < 1.29 is 28.7 Å². The summed E-state index contributed by atoms with van der Waals surface area (Å²) in [6.07, 6.45) is 0.